The van der Waals surface area contributed by atoms with Crippen molar-refractivity contribution in [1.29, 1.82) is 0 Å². The zero-order chi connectivity index (χ0) is 24.5. The Morgan fingerprint density at radius 2 is 1.86 bits per heavy atom. The van der Waals surface area contributed by atoms with Crippen LogP contribution in [0.15, 0.2) is 64.1 Å². The normalized spacial score (nSPS) is 14.1. The number of aryl methyl sites for hydroxylation is 1. The molecule has 5 rings (SSSR count). The van der Waals surface area contributed by atoms with Crippen LogP contribution in [0.5, 0.6) is 0 Å². The molecule has 1 aliphatic carbocycles. The number of para-hydroxylation sites is 1. The Hall–Kier alpha value is -4.40. The maximum atomic E-state index is 14.0. The van der Waals surface area contributed by atoms with Gasteiger partial charge in [-0.15, -0.1) is 0 Å². The second-order valence-corrected chi connectivity index (χ2v) is 8.17. The van der Waals surface area contributed by atoms with Gasteiger partial charge in [0.15, 0.2) is 5.76 Å². The maximum Gasteiger partial charge on any atom is 0.291 e. The van der Waals surface area contributed by atoms with Crippen LogP contribution in [0.2, 0.25) is 0 Å². The van der Waals surface area contributed by atoms with Crippen molar-refractivity contribution in [2.75, 3.05) is 5.32 Å². The van der Waals surface area contributed by atoms with Crippen LogP contribution in [0, 0.1) is 18.6 Å². The van der Waals surface area contributed by atoms with Crippen molar-refractivity contribution in [2.45, 2.75) is 26.2 Å². The van der Waals surface area contributed by atoms with E-state index in [0.717, 1.165) is 23.9 Å². The highest BCUT2D eigenvalue weighted by Crippen LogP contribution is 2.30. The van der Waals surface area contributed by atoms with E-state index in [1.54, 1.807) is 13.0 Å². The number of anilines is 1. The number of rotatable bonds is 4. The monoisotopic (exact) mass is 474 g/mol. The van der Waals surface area contributed by atoms with E-state index in [2.05, 4.69) is 20.8 Å². The van der Waals surface area contributed by atoms with Crippen molar-refractivity contribution in [3.63, 3.8) is 0 Å². The van der Waals surface area contributed by atoms with Crippen LogP contribution in [0.4, 0.5) is 14.5 Å². The van der Waals surface area contributed by atoms with Gasteiger partial charge < -0.3 is 9.73 Å². The van der Waals surface area contributed by atoms with Gasteiger partial charge in [-0.05, 0) is 44.0 Å². The third-order valence-corrected chi connectivity index (χ3v) is 5.83. The van der Waals surface area contributed by atoms with Gasteiger partial charge in [0.2, 0.25) is 0 Å². The van der Waals surface area contributed by atoms with Crippen LogP contribution < -0.4 is 10.7 Å². The van der Waals surface area contributed by atoms with E-state index in [1.165, 1.54) is 0 Å². The second kappa shape index (κ2) is 9.09. The van der Waals surface area contributed by atoms with Crippen LogP contribution in [0.25, 0.3) is 10.9 Å². The molecule has 0 unspecified atom stereocenters. The molecule has 1 aliphatic rings. The number of nitrogens with one attached hydrogen (secondary N) is 2. The standard InChI is InChI=1S/C26H20F2N4O3/c1-14-23-20(31-32-25(33)21-11-9-15-5-2-3-6-18(15)29-21)7-4-8-22(23)35-24(14)26(34)30-19-12-10-16(27)13-17(19)28/h2-3,5-6,9-13H,4,7-8H2,1H3,(H,30,34)(H,32,33)/b31-20+. The predicted molar refractivity (Wildman–Crippen MR) is 126 cm³/mol. The van der Waals surface area contributed by atoms with E-state index in [1.807, 2.05) is 30.3 Å². The summed E-state index contributed by atoms with van der Waals surface area (Å²) in [5.74, 6) is -2.18. The van der Waals surface area contributed by atoms with Gasteiger partial charge in [0, 0.05) is 29.0 Å². The molecule has 2 aromatic carbocycles. The molecule has 0 aliphatic heterocycles. The lowest BCUT2D eigenvalue weighted by Gasteiger charge is -2.13. The Kier molecular flexibility index (Phi) is 5.82. The number of pyridine rings is 1. The van der Waals surface area contributed by atoms with E-state index >= 15 is 0 Å². The van der Waals surface area contributed by atoms with Crippen molar-refractivity contribution in [3.05, 3.63) is 94.6 Å². The minimum atomic E-state index is -0.889. The van der Waals surface area contributed by atoms with Crippen molar-refractivity contribution in [1.82, 2.24) is 10.4 Å². The van der Waals surface area contributed by atoms with E-state index in [9.17, 15) is 18.4 Å². The van der Waals surface area contributed by atoms with Crippen molar-refractivity contribution < 1.29 is 22.8 Å². The summed E-state index contributed by atoms with van der Waals surface area (Å²) in [6, 6.07) is 13.8. The van der Waals surface area contributed by atoms with E-state index in [-0.39, 0.29) is 17.1 Å². The fourth-order valence-electron chi connectivity index (χ4n) is 4.13. The molecule has 9 heteroatoms. The Labute approximate surface area is 198 Å². The largest absolute Gasteiger partial charge is 0.455 e. The smallest absolute Gasteiger partial charge is 0.291 e. The van der Waals surface area contributed by atoms with Crippen LogP contribution in [-0.4, -0.2) is 22.5 Å². The maximum absolute atomic E-state index is 14.0. The molecule has 0 radical (unpaired) electrons. The zero-order valence-corrected chi connectivity index (χ0v) is 18.7. The van der Waals surface area contributed by atoms with Crippen LogP contribution in [0.1, 0.15) is 50.8 Å². The summed E-state index contributed by atoms with van der Waals surface area (Å²) in [4.78, 5) is 29.8. The second-order valence-electron chi connectivity index (χ2n) is 8.17. The molecule has 0 atom stereocenters. The highest BCUT2D eigenvalue weighted by molar-refractivity contribution is 6.09. The number of carbonyl (C=O) groups is 2. The number of carbonyl (C=O) groups excluding carboxylic acids is 2. The number of hydrazone groups is 1. The summed E-state index contributed by atoms with van der Waals surface area (Å²) in [6.45, 7) is 1.70. The van der Waals surface area contributed by atoms with Gasteiger partial charge in [-0.2, -0.15) is 5.10 Å². The predicted octanol–water partition coefficient (Wildman–Crippen LogP) is 5.14. The minimum absolute atomic E-state index is 0.0100. The van der Waals surface area contributed by atoms with Crippen LogP contribution in [0.3, 0.4) is 0 Å². The molecule has 2 amide bonds. The summed E-state index contributed by atoms with van der Waals surface area (Å²) in [5, 5.41) is 7.64. The average molecular weight is 474 g/mol. The van der Waals surface area contributed by atoms with Gasteiger partial charge in [0.1, 0.15) is 23.1 Å². The van der Waals surface area contributed by atoms with Crippen LogP contribution in [-0.2, 0) is 6.42 Å². The molecular weight excluding hydrogens is 454 g/mol. The SMILES string of the molecule is Cc1c(C(=O)Nc2ccc(F)cc2F)oc2c1/C(=N/NC(=O)c1ccc3ccccc3n1)CCC2. The lowest BCUT2D eigenvalue weighted by Crippen LogP contribution is -2.23. The summed E-state index contributed by atoms with van der Waals surface area (Å²) in [6.07, 6.45) is 1.89. The van der Waals surface area contributed by atoms with Gasteiger partial charge in [0.25, 0.3) is 11.8 Å². The molecule has 0 fully saturated rings. The fourth-order valence-corrected chi connectivity index (χ4v) is 4.13. The van der Waals surface area contributed by atoms with Crippen LogP contribution >= 0.6 is 0 Å². The molecule has 0 spiro atoms. The van der Waals surface area contributed by atoms with Gasteiger partial charge in [-0.3, -0.25) is 9.59 Å². The molecule has 2 aromatic heterocycles. The zero-order valence-electron chi connectivity index (χ0n) is 18.7. The molecule has 35 heavy (non-hydrogen) atoms. The third kappa shape index (κ3) is 4.40. The molecular formula is C26H20F2N4O3. The quantitative estimate of drug-likeness (QED) is 0.401. The highest BCUT2D eigenvalue weighted by Gasteiger charge is 2.28. The summed E-state index contributed by atoms with van der Waals surface area (Å²) < 4.78 is 32.9. The first-order valence-corrected chi connectivity index (χ1v) is 11.0. The van der Waals surface area contributed by atoms with E-state index in [4.69, 9.17) is 4.42 Å². The molecule has 0 saturated heterocycles. The number of amides is 2. The molecule has 2 heterocycles. The summed E-state index contributed by atoms with van der Waals surface area (Å²) in [7, 11) is 0. The van der Waals surface area contributed by atoms with Gasteiger partial charge >= 0.3 is 0 Å². The molecule has 4 aromatic rings. The fraction of sp³-hybridized carbons (Fsp3) is 0.154. The number of halogens is 2. The topological polar surface area (TPSA) is 96.6 Å². The number of fused-ring (bicyclic) bond motifs is 2. The molecule has 2 N–H and O–H groups in total. The Balaban J connectivity index is 1.38. The lowest BCUT2D eigenvalue weighted by atomic mass is 9.93. The first-order valence-electron chi connectivity index (χ1n) is 11.0. The number of nitrogens with zero attached hydrogens (tertiary/aromatic N) is 2. The molecule has 7 nitrogen and oxygen atoms in total. The van der Waals surface area contributed by atoms with Crippen molar-refractivity contribution in [3.8, 4) is 0 Å². The number of furan rings is 1. The van der Waals surface area contributed by atoms with E-state index < -0.39 is 23.4 Å². The number of aromatic nitrogens is 1. The number of hydrogen-bond acceptors (Lipinski definition) is 5. The Morgan fingerprint density at radius 3 is 2.69 bits per heavy atom. The van der Waals surface area contributed by atoms with Gasteiger partial charge in [0.05, 0.1) is 16.9 Å². The first-order chi connectivity index (χ1) is 16.9. The van der Waals surface area contributed by atoms with Crippen molar-refractivity contribution >= 4 is 34.1 Å². The Bertz CT molecular complexity index is 1510. The highest BCUT2D eigenvalue weighted by atomic mass is 19.1. The molecule has 176 valence electrons. The molecule has 0 bridgehead atoms. The third-order valence-electron chi connectivity index (χ3n) is 5.83. The molecule has 0 saturated carbocycles. The lowest BCUT2D eigenvalue weighted by molar-refractivity contribution is 0.0949. The summed E-state index contributed by atoms with van der Waals surface area (Å²) in [5.41, 5.74) is 5.07. The average Bonchev–Trinajstić information content (AvgIpc) is 3.21. The first kappa shape index (κ1) is 22.4. The van der Waals surface area contributed by atoms with Gasteiger partial charge in [-0.25, -0.2) is 19.2 Å². The number of benzene rings is 2. The van der Waals surface area contributed by atoms with Crippen molar-refractivity contribution in [2.24, 2.45) is 5.10 Å². The summed E-state index contributed by atoms with van der Waals surface area (Å²) >= 11 is 0. The Morgan fingerprint density at radius 1 is 1.03 bits per heavy atom. The van der Waals surface area contributed by atoms with Gasteiger partial charge in [-0.1, -0.05) is 24.3 Å². The van der Waals surface area contributed by atoms with E-state index in [0.29, 0.717) is 47.0 Å². The minimum Gasteiger partial charge on any atom is -0.455 e. The number of hydrogen-bond donors (Lipinski definition) is 2.